The number of hydrogen-bond donors (Lipinski definition) is 1. The molecule has 2 fully saturated rings. The van der Waals surface area contributed by atoms with E-state index in [0.717, 1.165) is 25.7 Å². The standard InChI is InChI=1S/C17H20Cl2N2O2/c18-11-6-7-13(14(19)10-11)16(21-9-8-15(21)22)17(23)20-12-4-2-1-3-5-12/h6-7,10,12,16H,1-5,8-9H2,(H,20,23). The van der Waals surface area contributed by atoms with Gasteiger partial charge in [-0.2, -0.15) is 0 Å². The third-order valence-electron chi connectivity index (χ3n) is 4.66. The summed E-state index contributed by atoms with van der Waals surface area (Å²) in [6.07, 6.45) is 5.99. The predicted octanol–water partition coefficient (Wildman–Crippen LogP) is 3.72. The van der Waals surface area contributed by atoms with Crippen LogP contribution in [0.25, 0.3) is 0 Å². The number of carbonyl (C=O) groups excluding carboxylic acids is 2. The number of nitrogens with one attached hydrogen (secondary N) is 1. The van der Waals surface area contributed by atoms with Gasteiger partial charge in [-0.1, -0.05) is 48.5 Å². The molecule has 1 aliphatic heterocycles. The van der Waals surface area contributed by atoms with Crippen LogP contribution < -0.4 is 5.32 Å². The lowest BCUT2D eigenvalue weighted by Crippen LogP contribution is -2.52. The fourth-order valence-electron chi connectivity index (χ4n) is 3.31. The molecule has 124 valence electrons. The molecule has 1 N–H and O–H groups in total. The molecule has 1 unspecified atom stereocenters. The van der Waals surface area contributed by atoms with Gasteiger partial charge in [0.05, 0.1) is 0 Å². The highest BCUT2D eigenvalue weighted by Gasteiger charge is 2.38. The SMILES string of the molecule is O=C(NC1CCCCC1)C(c1ccc(Cl)cc1Cl)N1CCC1=O. The molecule has 1 saturated heterocycles. The van der Waals surface area contributed by atoms with E-state index < -0.39 is 6.04 Å². The number of halogens is 2. The molecular weight excluding hydrogens is 335 g/mol. The van der Waals surface area contributed by atoms with Crippen LogP contribution in [0.1, 0.15) is 50.1 Å². The van der Waals surface area contributed by atoms with E-state index >= 15 is 0 Å². The highest BCUT2D eigenvalue weighted by atomic mass is 35.5. The first-order valence-electron chi connectivity index (χ1n) is 8.11. The van der Waals surface area contributed by atoms with Gasteiger partial charge in [0.2, 0.25) is 11.8 Å². The zero-order valence-electron chi connectivity index (χ0n) is 12.9. The second-order valence-electron chi connectivity index (χ2n) is 6.25. The summed E-state index contributed by atoms with van der Waals surface area (Å²) >= 11 is 12.2. The maximum Gasteiger partial charge on any atom is 0.247 e. The van der Waals surface area contributed by atoms with Crippen LogP contribution in [-0.4, -0.2) is 29.3 Å². The van der Waals surface area contributed by atoms with Crippen LogP contribution in [0, 0.1) is 0 Å². The van der Waals surface area contributed by atoms with E-state index in [1.54, 1.807) is 23.1 Å². The minimum atomic E-state index is -0.664. The van der Waals surface area contributed by atoms with E-state index in [2.05, 4.69) is 5.32 Å². The Labute approximate surface area is 146 Å². The molecule has 0 bridgehead atoms. The maximum atomic E-state index is 12.8. The highest BCUT2D eigenvalue weighted by Crippen LogP contribution is 2.33. The number of carbonyl (C=O) groups is 2. The second-order valence-corrected chi connectivity index (χ2v) is 7.09. The number of β-lactam (4-membered cyclic amide) rings is 1. The fourth-order valence-corrected chi connectivity index (χ4v) is 3.82. The van der Waals surface area contributed by atoms with Crippen molar-refractivity contribution in [3.8, 4) is 0 Å². The summed E-state index contributed by atoms with van der Waals surface area (Å²) in [5, 5.41) is 4.04. The first-order chi connectivity index (χ1) is 11.1. The fraction of sp³-hybridized carbons (Fsp3) is 0.529. The van der Waals surface area contributed by atoms with E-state index in [9.17, 15) is 9.59 Å². The Bertz CT molecular complexity index is 615. The third kappa shape index (κ3) is 3.64. The van der Waals surface area contributed by atoms with Crippen LogP contribution in [0.15, 0.2) is 18.2 Å². The van der Waals surface area contributed by atoms with Gasteiger partial charge in [-0.15, -0.1) is 0 Å². The molecule has 1 aromatic carbocycles. The smallest absolute Gasteiger partial charge is 0.247 e. The Kier molecular flexibility index (Phi) is 5.12. The molecule has 2 aliphatic rings. The molecule has 1 saturated carbocycles. The summed E-state index contributed by atoms with van der Waals surface area (Å²) in [6.45, 7) is 0.584. The zero-order chi connectivity index (χ0) is 16.4. The average Bonchev–Trinajstić information content (AvgIpc) is 2.52. The van der Waals surface area contributed by atoms with Crippen LogP contribution >= 0.6 is 23.2 Å². The average molecular weight is 355 g/mol. The van der Waals surface area contributed by atoms with Gasteiger partial charge in [0, 0.05) is 34.6 Å². The molecule has 6 heteroatoms. The van der Waals surface area contributed by atoms with Crippen molar-refractivity contribution >= 4 is 35.0 Å². The van der Waals surface area contributed by atoms with Crippen LogP contribution in [0.3, 0.4) is 0 Å². The van der Waals surface area contributed by atoms with Crippen LogP contribution in [0.4, 0.5) is 0 Å². The van der Waals surface area contributed by atoms with E-state index in [4.69, 9.17) is 23.2 Å². The Balaban J connectivity index is 1.83. The quantitative estimate of drug-likeness (QED) is 0.837. The van der Waals surface area contributed by atoms with Gasteiger partial charge in [-0.3, -0.25) is 9.59 Å². The monoisotopic (exact) mass is 354 g/mol. The van der Waals surface area contributed by atoms with E-state index in [1.807, 2.05) is 0 Å². The van der Waals surface area contributed by atoms with E-state index in [1.165, 1.54) is 6.42 Å². The van der Waals surface area contributed by atoms with Crippen molar-refractivity contribution in [1.82, 2.24) is 10.2 Å². The lowest BCUT2D eigenvalue weighted by atomic mass is 9.94. The molecule has 1 atom stereocenters. The molecular formula is C17H20Cl2N2O2. The zero-order valence-corrected chi connectivity index (χ0v) is 14.4. The van der Waals surface area contributed by atoms with Gasteiger partial charge in [-0.05, 0) is 25.0 Å². The first-order valence-corrected chi connectivity index (χ1v) is 8.86. The van der Waals surface area contributed by atoms with Gasteiger partial charge in [0.1, 0.15) is 6.04 Å². The summed E-state index contributed by atoms with van der Waals surface area (Å²) in [6, 6.07) is 4.59. The maximum absolute atomic E-state index is 12.8. The van der Waals surface area contributed by atoms with Gasteiger partial charge in [0.25, 0.3) is 0 Å². The topological polar surface area (TPSA) is 49.4 Å². The largest absolute Gasteiger partial charge is 0.351 e. The van der Waals surface area contributed by atoms with Crippen molar-refractivity contribution in [3.63, 3.8) is 0 Å². The highest BCUT2D eigenvalue weighted by molar-refractivity contribution is 6.35. The Morgan fingerprint density at radius 1 is 1.22 bits per heavy atom. The molecule has 0 spiro atoms. The van der Waals surface area contributed by atoms with Crippen molar-refractivity contribution in [2.45, 2.75) is 50.6 Å². The molecule has 1 aromatic rings. The minimum absolute atomic E-state index is 0.0141. The van der Waals surface area contributed by atoms with Gasteiger partial charge >= 0.3 is 0 Å². The number of hydrogen-bond acceptors (Lipinski definition) is 2. The molecule has 1 aliphatic carbocycles. The van der Waals surface area contributed by atoms with Gasteiger partial charge < -0.3 is 10.2 Å². The summed E-state index contributed by atoms with van der Waals surface area (Å²) in [4.78, 5) is 26.3. The summed E-state index contributed by atoms with van der Waals surface area (Å²) < 4.78 is 0. The normalized spacial score (nSPS) is 20.1. The Hall–Kier alpha value is -1.26. The minimum Gasteiger partial charge on any atom is -0.351 e. The summed E-state index contributed by atoms with van der Waals surface area (Å²) in [5.41, 5.74) is 0.637. The summed E-state index contributed by atoms with van der Waals surface area (Å²) in [7, 11) is 0. The lowest BCUT2D eigenvalue weighted by Gasteiger charge is -2.38. The van der Waals surface area contributed by atoms with Gasteiger partial charge in [-0.25, -0.2) is 0 Å². The molecule has 0 aromatic heterocycles. The second kappa shape index (κ2) is 7.10. The number of likely N-dealkylation sites (tertiary alicyclic amines) is 1. The van der Waals surface area contributed by atoms with E-state index in [0.29, 0.717) is 28.6 Å². The summed E-state index contributed by atoms with van der Waals surface area (Å²) in [5.74, 6) is -0.158. The van der Waals surface area contributed by atoms with Crippen LogP contribution in [-0.2, 0) is 9.59 Å². The third-order valence-corrected chi connectivity index (χ3v) is 5.22. The molecule has 3 rings (SSSR count). The molecule has 2 amide bonds. The molecule has 1 heterocycles. The van der Waals surface area contributed by atoms with Crippen molar-refractivity contribution < 1.29 is 9.59 Å². The number of nitrogens with zero attached hydrogens (tertiary/aromatic N) is 1. The number of amides is 2. The molecule has 0 radical (unpaired) electrons. The van der Waals surface area contributed by atoms with Crippen molar-refractivity contribution in [2.24, 2.45) is 0 Å². The number of benzene rings is 1. The number of rotatable bonds is 4. The predicted molar refractivity (Wildman–Crippen MR) is 90.5 cm³/mol. The van der Waals surface area contributed by atoms with Crippen molar-refractivity contribution in [2.75, 3.05) is 6.54 Å². The lowest BCUT2D eigenvalue weighted by molar-refractivity contribution is -0.149. The van der Waals surface area contributed by atoms with Crippen molar-refractivity contribution in [1.29, 1.82) is 0 Å². The van der Waals surface area contributed by atoms with Gasteiger partial charge in [0.15, 0.2) is 0 Å². The van der Waals surface area contributed by atoms with E-state index in [-0.39, 0.29) is 17.9 Å². The Morgan fingerprint density at radius 2 is 1.96 bits per heavy atom. The van der Waals surface area contributed by atoms with Crippen LogP contribution in [0.2, 0.25) is 10.0 Å². The first kappa shape index (κ1) is 16.6. The van der Waals surface area contributed by atoms with Crippen LogP contribution in [0.5, 0.6) is 0 Å². The van der Waals surface area contributed by atoms with Crippen molar-refractivity contribution in [3.05, 3.63) is 33.8 Å². The molecule has 23 heavy (non-hydrogen) atoms. The molecule has 4 nitrogen and oxygen atoms in total. The Morgan fingerprint density at radius 3 is 2.52 bits per heavy atom.